The molecule has 3 rings (SSSR count). The van der Waals surface area contributed by atoms with E-state index in [4.69, 9.17) is 0 Å². The van der Waals surface area contributed by atoms with E-state index in [9.17, 15) is 5.11 Å². The van der Waals surface area contributed by atoms with Gasteiger partial charge in [-0.25, -0.2) is 9.97 Å². The van der Waals surface area contributed by atoms with Gasteiger partial charge in [0.25, 0.3) is 0 Å². The standard InChI is InChI=1S/C19H27N5O/c1-2-10-23(12-8-16-6-3-4-9-20-16)18-13-19(22-15-21-18)24-11-5-7-17(24)14-25/h3-4,6,9,13,15,17,25H,2,5,7-8,10-12,14H2,1H3. The third-order valence-electron chi connectivity index (χ3n) is 4.70. The van der Waals surface area contributed by atoms with E-state index in [1.807, 2.05) is 18.3 Å². The first kappa shape index (κ1) is 17.6. The molecule has 2 aromatic heterocycles. The van der Waals surface area contributed by atoms with Gasteiger partial charge in [-0.05, 0) is 31.4 Å². The lowest BCUT2D eigenvalue weighted by Gasteiger charge is -2.27. The third kappa shape index (κ3) is 4.45. The highest BCUT2D eigenvalue weighted by molar-refractivity contribution is 5.51. The minimum Gasteiger partial charge on any atom is -0.394 e. The van der Waals surface area contributed by atoms with Crippen molar-refractivity contribution >= 4 is 11.6 Å². The Morgan fingerprint density at radius 2 is 2.16 bits per heavy atom. The largest absolute Gasteiger partial charge is 0.394 e. The number of pyridine rings is 1. The van der Waals surface area contributed by atoms with Crippen LogP contribution in [0.5, 0.6) is 0 Å². The first-order valence-electron chi connectivity index (χ1n) is 9.16. The van der Waals surface area contributed by atoms with Gasteiger partial charge in [-0.3, -0.25) is 4.98 Å². The molecular weight excluding hydrogens is 314 g/mol. The Morgan fingerprint density at radius 3 is 2.92 bits per heavy atom. The van der Waals surface area contributed by atoms with Crippen molar-refractivity contribution in [1.82, 2.24) is 15.0 Å². The maximum absolute atomic E-state index is 9.57. The Hall–Kier alpha value is -2.21. The van der Waals surface area contributed by atoms with Crippen LogP contribution in [0.1, 0.15) is 31.9 Å². The molecule has 1 saturated heterocycles. The molecule has 6 nitrogen and oxygen atoms in total. The SMILES string of the molecule is CCCN(CCc1ccccn1)c1cc(N2CCCC2CO)ncn1. The van der Waals surface area contributed by atoms with Gasteiger partial charge in [0.1, 0.15) is 18.0 Å². The van der Waals surface area contributed by atoms with E-state index in [1.54, 1.807) is 6.33 Å². The minimum absolute atomic E-state index is 0.177. The number of anilines is 2. The van der Waals surface area contributed by atoms with Gasteiger partial charge < -0.3 is 14.9 Å². The summed E-state index contributed by atoms with van der Waals surface area (Å²) in [4.78, 5) is 17.9. The van der Waals surface area contributed by atoms with Crippen LogP contribution in [0.3, 0.4) is 0 Å². The monoisotopic (exact) mass is 341 g/mol. The van der Waals surface area contributed by atoms with E-state index in [0.29, 0.717) is 0 Å². The zero-order chi connectivity index (χ0) is 17.5. The summed E-state index contributed by atoms with van der Waals surface area (Å²) in [5, 5.41) is 9.57. The third-order valence-corrected chi connectivity index (χ3v) is 4.70. The summed E-state index contributed by atoms with van der Waals surface area (Å²) in [6.07, 6.45) is 7.55. The molecule has 1 aliphatic rings. The van der Waals surface area contributed by atoms with Gasteiger partial charge >= 0.3 is 0 Å². The van der Waals surface area contributed by atoms with Gasteiger partial charge in [-0.15, -0.1) is 0 Å². The Kier molecular flexibility index (Phi) is 6.17. The summed E-state index contributed by atoms with van der Waals surface area (Å²) in [6.45, 7) is 5.14. The lowest BCUT2D eigenvalue weighted by Crippen LogP contribution is -2.33. The lowest BCUT2D eigenvalue weighted by atomic mass is 10.2. The smallest absolute Gasteiger partial charge is 0.134 e. The molecule has 0 bridgehead atoms. The van der Waals surface area contributed by atoms with Crippen LogP contribution in [0.4, 0.5) is 11.6 Å². The van der Waals surface area contributed by atoms with Crippen LogP contribution in [0.2, 0.25) is 0 Å². The van der Waals surface area contributed by atoms with Crippen LogP contribution in [0, 0.1) is 0 Å². The molecule has 6 heteroatoms. The molecule has 0 radical (unpaired) electrons. The van der Waals surface area contributed by atoms with E-state index in [1.165, 1.54) is 0 Å². The average Bonchev–Trinajstić information content (AvgIpc) is 3.15. The Morgan fingerprint density at radius 1 is 1.24 bits per heavy atom. The van der Waals surface area contributed by atoms with Gasteiger partial charge in [0.2, 0.25) is 0 Å². The van der Waals surface area contributed by atoms with E-state index >= 15 is 0 Å². The van der Waals surface area contributed by atoms with Crippen LogP contribution in [-0.4, -0.2) is 52.3 Å². The molecule has 134 valence electrons. The fourth-order valence-corrected chi connectivity index (χ4v) is 3.40. The predicted octanol–water partition coefficient (Wildman–Crippen LogP) is 2.29. The highest BCUT2D eigenvalue weighted by Gasteiger charge is 2.25. The van der Waals surface area contributed by atoms with Crippen LogP contribution in [0.15, 0.2) is 36.8 Å². The molecule has 25 heavy (non-hydrogen) atoms. The summed E-state index contributed by atoms with van der Waals surface area (Å²) in [5.41, 5.74) is 1.10. The molecule has 0 spiro atoms. The Labute approximate surface area is 149 Å². The molecule has 0 amide bonds. The second kappa shape index (κ2) is 8.76. The number of aliphatic hydroxyl groups excluding tert-OH is 1. The highest BCUT2D eigenvalue weighted by atomic mass is 16.3. The topological polar surface area (TPSA) is 65.4 Å². The summed E-state index contributed by atoms with van der Waals surface area (Å²) in [6, 6.07) is 8.26. The number of hydrogen-bond donors (Lipinski definition) is 1. The number of nitrogens with zero attached hydrogens (tertiary/aromatic N) is 5. The first-order valence-corrected chi connectivity index (χ1v) is 9.16. The van der Waals surface area contributed by atoms with E-state index in [2.05, 4.69) is 43.8 Å². The summed E-state index contributed by atoms with van der Waals surface area (Å²) in [7, 11) is 0. The molecule has 0 saturated carbocycles. The highest BCUT2D eigenvalue weighted by Crippen LogP contribution is 2.25. The summed E-state index contributed by atoms with van der Waals surface area (Å²) >= 11 is 0. The lowest BCUT2D eigenvalue weighted by molar-refractivity contribution is 0.266. The fourth-order valence-electron chi connectivity index (χ4n) is 3.40. The van der Waals surface area contributed by atoms with Crippen LogP contribution in [0.25, 0.3) is 0 Å². The van der Waals surface area contributed by atoms with Crippen molar-refractivity contribution in [3.8, 4) is 0 Å². The molecule has 0 aromatic carbocycles. The van der Waals surface area contributed by atoms with Crippen molar-refractivity contribution < 1.29 is 5.11 Å². The first-order chi connectivity index (χ1) is 12.3. The van der Waals surface area contributed by atoms with Crippen LogP contribution < -0.4 is 9.80 Å². The number of aliphatic hydroxyl groups is 1. The summed E-state index contributed by atoms with van der Waals surface area (Å²) < 4.78 is 0. The summed E-state index contributed by atoms with van der Waals surface area (Å²) in [5.74, 6) is 1.87. The van der Waals surface area contributed by atoms with Gasteiger partial charge in [0.05, 0.1) is 12.6 Å². The van der Waals surface area contributed by atoms with Crippen molar-refractivity contribution in [2.75, 3.05) is 36.0 Å². The molecular formula is C19H27N5O. The molecule has 2 aromatic rings. The molecule has 1 unspecified atom stereocenters. The van der Waals surface area contributed by atoms with Gasteiger partial charge in [0.15, 0.2) is 0 Å². The molecule has 1 fully saturated rings. The predicted molar refractivity (Wildman–Crippen MR) is 99.9 cm³/mol. The number of hydrogen-bond acceptors (Lipinski definition) is 6. The molecule has 1 aliphatic heterocycles. The van der Waals surface area contributed by atoms with E-state index in [-0.39, 0.29) is 12.6 Å². The molecule has 0 aliphatic carbocycles. The fraction of sp³-hybridized carbons (Fsp3) is 0.526. The number of aromatic nitrogens is 3. The Balaban J connectivity index is 1.73. The van der Waals surface area contributed by atoms with Crippen molar-refractivity contribution in [3.63, 3.8) is 0 Å². The van der Waals surface area contributed by atoms with E-state index in [0.717, 1.165) is 62.6 Å². The molecule has 3 heterocycles. The van der Waals surface area contributed by atoms with Crippen LogP contribution in [-0.2, 0) is 6.42 Å². The van der Waals surface area contributed by atoms with Gasteiger partial charge in [-0.2, -0.15) is 0 Å². The van der Waals surface area contributed by atoms with Crippen molar-refractivity contribution in [2.45, 2.75) is 38.6 Å². The maximum atomic E-state index is 9.57. The van der Waals surface area contributed by atoms with Gasteiger partial charge in [-0.1, -0.05) is 13.0 Å². The normalized spacial score (nSPS) is 17.0. The van der Waals surface area contributed by atoms with Crippen molar-refractivity contribution in [2.24, 2.45) is 0 Å². The Bertz CT molecular complexity index is 651. The minimum atomic E-state index is 0.177. The average molecular weight is 341 g/mol. The second-order valence-electron chi connectivity index (χ2n) is 6.46. The number of rotatable bonds is 8. The van der Waals surface area contributed by atoms with Gasteiger partial charge in [0, 0.05) is 44.0 Å². The maximum Gasteiger partial charge on any atom is 0.134 e. The van der Waals surface area contributed by atoms with Crippen molar-refractivity contribution in [3.05, 3.63) is 42.5 Å². The molecule has 1 atom stereocenters. The zero-order valence-corrected chi connectivity index (χ0v) is 14.9. The quantitative estimate of drug-likeness (QED) is 0.795. The zero-order valence-electron chi connectivity index (χ0n) is 14.9. The van der Waals surface area contributed by atoms with Crippen molar-refractivity contribution in [1.29, 1.82) is 0 Å². The second-order valence-corrected chi connectivity index (χ2v) is 6.46. The van der Waals surface area contributed by atoms with E-state index < -0.39 is 0 Å². The molecule has 1 N–H and O–H groups in total. The van der Waals surface area contributed by atoms with Crippen LogP contribution >= 0.6 is 0 Å².